The molecule has 2 heterocycles. The lowest BCUT2D eigenvalue weighted by Gasteiger charge is -2.00. The first kappa shape index (κ1) is 9.66. The number of hydrogen-bond donors (Lipinski definition) is 1. The SMILES string of the molecule is Cc1nccnc1-n1cnc(C(N)=S)n1. The molecule has 2 aromatic rings. The second kappa shape index (κ2) is 3.70. The monoisotopic (exact) mass is 220 g/mol. The van der Waals surface area contributed by atoms with E-state index in [1.165, 1.54) is 11.0 Å². The molecule has 0 saturated heterocycles. The second-order valence-electron chi connectivity index (χ2n) is 2.84. The Morgan fingerprint density at radius 3 is 2.67 bits per heavy atom. The quantitative estimate of drug-likeness (QED) is 0.717. The Morgan fingerprint density at radius 1 is 1.33 bits per heavy atom. The van der Waals surface area contributed by atoms with E-state index in [0.717, 1.165) is 5.69 Å². The van der Waals surface area contributed by atoms with Gasteiger partial charge in [-0.3, -0.25) is 4.98 Å². The molecule has 0 saturated carbocycles. The maximum atomic E-state index is 5.40. The lowest BCUT2D eigenvalue weighted by molar-refractivity contribution is 0.820. The van der Waals surface area contributed by atoms with Gasteiger partial charge in [0.2, 0.25) is 5.82 Å². The van der Waals surface area contributed by atoms with E-state index in [9.17, 15) is 0 Å². The van der Waals surface area contributed by atoms with E-state index in [-0.39, 0.29) is 4.99 Å². The molecule has 0 unspecified atom stereocenters. The number of nitrogens with two attached hydrogens (primary N) is 1. The van der Waals surface area contributed by atoms with Crippen molar-refractivity contribution in [1.82, 2.24) is 24.7 Å². The minimum Gasteiger partial charge on any atom is -0.387 e. The Kier molecular flexibility index (Phi) is 2.38. The van der Waals surface area contributed by atoms with Gasteiger partial charge in [0.1, 0.15) is 11.3 Å². The van der Waals surface area contributed by atoms with Crippen molar-refractivity contribution in [3.63, 3.8) is 0 Å². The predicted molar refractivity (Wildman–Crippen MR) is 57.6 cm³/mol. The van der Waals surface area contributed by atoms with E-state index < -0.39 is 0 Å². The molecule has 2 rings (SSSR count). The molecular weight excluding hydrogens is 212 g/mol. The summed E-state index contributed by atoms with van der Waals surface area (Å²) in [5.41, 5.74) is 6.16. The summed E-state index contributed by atoms with van der Waals surface area (Å²) < 4.78 is 1.50. The first-order valence-corrected chi connectivity index (χ1v) is 4.59. The van der Waals surface area contributed by atoms with Crippen LogP contribution in [0.3, 0.4) is 0 Å². The van der Waals surface area contributed by atoms with Gasteiger partial charge in [-0.1, -0.05) is 12.2 Å². The normalized spacial score (nSPS) is 10.2. The number of aromatic nitrogens is 5. The number of hydrogen-bond acceptors (Lipinski definition) is 5. The Bertz CT molecular complexity index is 505. The molecular formula is C8H8N6S. The largest absolute Gasteiger partial charge is 0.387 e. The fourth-order valence-corrected chi connectivity index (χ4v) is 1.20. The number of aryl methyl sites for hydroxylation is 1. The van der Waals surface area contributed by atoms with Crippen LogP contribution >= 0.6 is 12.2 Å². The van der Waals surface area contributed by atoms with Gasteiger partial charge in [0.05, 0.1) is 5.69 Å². The van der Waals surface area contributed by atoms with Crippen molar-refractivity contribution < 1.29 is 0 Å². The summed E-state index contributed by atoms with van der Waals surface area (Å²) in [5.74, 6) is 0.947. The zero-order valence-corrected chi connectivity index (χ0v) is 8.77. The van der Waals surface area contributed by atoms with Crippen LogP contribution in [-0.4, -0.2) is 29.7 Å². The third-order valence-electron chi connectivity index (χ3n) is 1.78. The zero-order chi connectivity index (χ0) is 10.8. The summed E-state index contributed by atoms with van der Waals surface area (Å²) in [6.07, 6.45) is 4.71. The minimum atomic E-state index is 0.162. The van der Waals surface area contributed by atoms with E-state index in [2.05, 4.69) is 20.1 Å². The van der Waals surface area contributed by atoms with Crippen LogP contribution in [-0.2, 0) is 0 Å². The molecule has 6 nitrogen and oxygen atoms in total. The summed E-state index contributed by atoms with van der Waals surface area (Å²) in [7, 11) is 0. The molecule has 2 N–H and O–H groups in total. The maximum absolute atomic E-state index is 5.40. The van der Waals surface area contributed by atoms with Crippen molar-refractivity contribution in [3.05, 3.63) is 30.2 Å². The summed E-state index contributed by atoms with van der Waals surface area (Å²) in [4.78, 5) is 12.3. The summed E-state index contributed by atoms with van der Waals surface area (Å²) in [5, 5.41) is 4.08. The fourth-order valence-electron chi connectivity index (χ4n) is 1.10. The summed E-state index contributed by atoms with van der Waals surface area (Å²) in [6, 6.07) is 0. The van der Waals surface area contributed by atoms with E-state index in [4.69, 9.17) is 18.0 Å². The highest BCUT2D eigenvalue weighted by Crippen LogP contribution is 2.05. The maximum Gasteiger partial charge on any atom is 0.208 e. The molecule has 0 bridgehead atoms. The first-order chi connectivity index (χ1) is 7.18. The van der Waals surface area contributed by atoms with Crippen LogP contribution in [0.25, 0.3) is 5.82 Å². The molecule has 0 aliphatic rings. The smallest absolute Gasteiger partial charge is 0.208 e. The molecule has 0 spiro atoms. The summed E-state index contributed by atoms with van der Waals surface area (Å²) >= 11 is 4.76. The number of nitrogens with zero attached hydrogens (tertiary/aromatic N) is 5. The van der Waals surface area contributed by atoms with Crippen molar-refractivity contribution in [2.45, 2.75) is 6.92 Å². The molecule has 0 atom stereocenters. The van der Waals surface area contributed by atoms with Crippen LogP contribution in [0.5, 0.6) is 0 Å². The lowest BCUT2D eigenvalue weighted by Crippen LogP contribution is -2.12. The van der Waals surface area contributed by atoms with Gasteiger partial charge in [-0.05, 0) is 6.92 Å². The van der Waals surface area contributed by atoms with E-state index >= 15 is 0 Å². The van der Waals surface area contributed by atoms with Crippen molar-refractivity contribution in [2.75, 3.05) is 0 Å². The van der Waals surface area contributed by atoms with Gasteiger partial charge in [0.25, 0.3) is 0 Å². The van der Waals surface area contributed by atoms with E-state index in [1.54, 1.807) is 12.4 Å². The first-order valence-electron chi connectivity index (χ1n) is 4.18. The predicted octanol–water partition coefficient (Wildman–Crippen LogP) is -0.0000800. The highest BCUT2D eigenvalue weighted by molar-refractivity contribution is 7.80. The van der Waals surface area contributed by atoms with Gasteiger partial charge >= 0.3 is 0 Å². The van der Waals surface area contributed by atoms with Crippen LogP contribution in [0, 0.1) is 6.92 Å². The second-order valence-corrected chi connectivity index (χ2v) is 3.28. The van der Waals surface area contributed by atoms with Gasteiger partial charge < -0.3 is 5.73 Å². The van der Waals surface area contributed by atoms with Crippen molar-refractivity contribution >= 4 is 17.2 Å². The Labute approximate surface area is 91.2 Å². The molecule has 0 aliphatic carbocycles. The molecule has 0 radical (unpaired) electrons. The van der Waals surface area contributed by atoms with Gasteiger partial charge in [-0.2, -0.15) is 0 Å². The Morgan fingerprint density at radius 2 is 2.07 bits per heavy atom. The van der Waals surface area contributed by atoms with Gasteiger partial charge in [0.15, 0.2) is 5.82 Å². The molecule has 15 heavy (non-hydrogen) atoms. The molecule has 76 valence electrons. The highest BCUT2D eigenvalue weighted by Gasteiger charge is 2.07. The lowest BCUT2D eigenvalue weighted by atomic mass is 10.4. The zero-order valence-electron chi connectivity index (χ0n) is 7.95. The average Bonchev–Trinajstić information content (AvgIpc) is 2.67. The van der Waals surface area contributed by atoms with Crippen LogP contribution in [0.4, 0.5) is 0 Å². The average molecular weight is 220 g/mol. The van der Waals surface area contributed by atoms with Gasteiger partial charge in [-0.25, -0.2) is 14.6 Å². The number of thiocarbonyl (C=S) groups is 1. The molecule has 0 aromatic carbocycles. The van der Waals surface area contributed by atoms with Crippen LogP contribution in [0.15, 0.2) is 18.7 Å². The van der Waals surface area contributed by atoms with Gasteiger partial charge in [-0.15, -0.1) is 5.10 Å². The standard InChI is InChI=1S/C8H8N6S/c1-5-8(11-3-2-10-5)14-4-12-7(13-14)6(9)15/h2-4H,1H3,(H2,9,15). The van der Waals surface area contributed by atoms with E-state index in [0.29, 0.717) is 11.6 Å². The van der Waals surface area contributed by atoms with E-state index in [1.807, 2.05) is 6.92 Å². The third-order valence-corrected chi connectivity index (χ3v) is 1.97. The third kappa shape index (κ3) is 1.82. The Balaban J connectivity index is 2.46. The molecule has 2 aromatic heterocycles. The molecule has 0 amide bonds. The molecule has 0 fully saturated rings. The van der Waals surface area contributed by atoms with Crippen LogP contribution in [0.2, 0.25) is 0 Å². The minimum absolute atomic E-state index is 0.162. The number of rotatable bonds is 2. The van der Waals surface area contributed by atoms with Crippen LogP contribution in [0.1, 0.15) is 11.5 Å². The summed E-state index contributed by atoms with van der Waals surface area (Å²) in [6.45, 7) is 1.84. The van der Waals surface area contributed by atoms with Crippen molar-refractivity contribution in [2.24, 2.45) is 5.73 Å². The van der Waals surface area contributed by atoms with Crippen molar-refractivity contribution in [3.8, 4) is 5.82 Å². The molecule has 0 aliphatic heterocycles. The van der Waals surface area contributed by atoms with Crippen LogP contribution < -0.4 is 5.73 Å². The fraction of sp³-hybridized carbons (Fsp3) is 0.125. The topological polar surface area (TPSA) is 82.5 Å². The van der Waals surface area contributed by atoms with Gasteiger partial charge in [0, 0.05) is 12.4 Å². The Hall–Kier alpha value is -1.89. The van der Waals surface area contributed by atoms with Crippen molar-refractivity contribution in [1.29, 1.82) is 0 Å². The molecule has 7 heteroatoms. The highest BCUT2D eigenvalue weighted by atomic mass is 32.1.